The molecular formula is C21H16N4O2S. The van der Waals surface area contributed by atoms with Gasteiger partial charge in [0.2, 0.25) is 5.78 Å². The first kappa shape index (κ1) is 17.7. The molecule has 4 aromatic rings. The molecule has 28 heavy (non-hydrogen) atoms. The largest absolute Gasteiger partial charge is 0.506 e. The van der Waals surface area contributed by atoms with Crippen molar-refractivity contribution in [3.63, 3.8) is 0 Å². The Labute approximate surface area is 165 Å². The smallest absolute Gasteiger partial charge is 0.206 e. The van der Waals surface area contributed by atoms with Crippen molar-refractivity contribution in [2.75, 3.05) is 10.6 Å². The Kier molecular flexibility index (Phi) is 4.74. The van der Waals surface area contributed by atoms with Gasteiger partial charge in [0, 0.05) is 11.8 Å². The lowest BCUT2D eigenvalue weighted by Gasteiger charge is -2.22. The van der Waals surface area contributed by atoms with Crippen molar-refractivity contribution >= 4 is 39.4 Å². The van der Waals surface area contributed by atoms with Crippen molar-refractivity contribution in [1.29, 1.82) is 0 Å². The molecule has 138 valence electrons. The number of anilines is 4. The van der Waals surface area contributed by atoms with E-state index in [0.717, 1.165) is 0 Å². The van der Waals surface area contributed by atoms with E-state index in [1.165, 1.54) is 11.3 Å². The summed E-state index contributed by atoms with van der Waals surface area (Å²) in [5.74, 6) is 0.0412. The Morgan fingerprint density at radius 2 is 1.75 bits per heavy atom. The van der Waals surface area contributed by atoms with Crippen molar-refractivity contribution in [3.05, 3.63) is 89.6 Å². The van der Waals surface area contributed by atoms with Crippen molar-refractivity contribution in [1.82, 2.24) is 9.97 Å². The standard InChI is InChI=1S/C21H16N4O2S/c22-20-19(18(27)14-7-2-1-3-8-14)28-21(24-20)25(15-9-6-12-23-13-15)16-10-4-5-11-17(16)26/h1-13,26H,22H2. The van der Waals surface area contributed by atoms with Crippen molar-refractivity contribution in [3.8, 4) is 5.75 Å². The van der Waals surface area contributed by atoms with Crippen LogP contribution in [0, 0.1) is 0 Å². The van der Waals surface area contributed by atoms with Gasteiger partial charge in [-0.2, -0.15) is 0 Å². The molecule has 0 spiro atoms. The highest BCUT2D eigenvalue weighted by Gasteiger charge is 2.24. The minimum Gasteiger partial charge on any atom is -0.506 e. The van der Waals surface area contributed by atoms with Crippen molar-refractivity contribution in [2.24, 2.45) is 0 Å². The molecule has 0 aliphatic rings. The fourth-order valence-electron chi connectivity index (χ4n) is 2.79. The molecule has 0 saturated carbocycles. The minimum atomic E-state index is -0.190. The predicted octanol–water partition coefficient (Wildman–Crippen LogP) is 4.53. The number of pyridine rings is 1. The number of nitrogens with zero attached hydrogens (tertiary/aromatic N) is 3. The summed E-state index contributed by atoms with van der Waals surface area (Å²) in [7, 11) is 0. The molecule has 0 atom stereocenters. The normalized spacial score (nSPS) is 10.6. The summed E-state index contributed by atoms with van der Waals surface area (Å²) in [5, 5.41) is 10.8. The van der Waals surface area contributed by atoms with Gasteiger partial charge in [-0.05, 0) is 24.3 Å². The van der Waals surface area contributed by atoms with Crippen LogP contribution in [0.15, 0.2) is 79.1 Å². The molecule has 0 saturated heterocycles. The molecule has 2 heterocycles. The number of aromatic nitrogens is 2. The van der Waals surface area contributed by atoms with E-state index in [4.69, 9.17) is 5.73 Å². The lowest BCUT2D eigenvalue weighted by molar-refractivity contribution is 0.104. The first-order chi connectivity index (χ1) is 13.6. The third-order valence-corrected chi connectivity index (χ3v) is 5.16. The van der Waals surface area contributed by atoms with Crippen LogP contribution in [-0.2, 0) is 0 Å². The van der Waals surface area contributed by atoms with E-state index in [1.54, 1.807) is 65.8 Å². The highest BCUT2D eigenvalue weighted by atomic mass is 32.1. The average Bonchev–Trinajstić information content (AvgIpc) is 3.11. The van der Waals surface area contributed by atoms with Gasteiger partial charge in [-0.1, -0.05) is 53.8 Å². The number of ketones is 1. The summed E-state index contributed by atoms with van der Waals surface area (Å²) in [5.41, 5.74) is 7.83. The molecule has 4 rings (SSSR count). The van der Waals surface area contributed by atoms with E-state index in [0.29, 0.717) is 26.9 Å². The lowest BCUT2D eigenvalue weighted by Crippen LogP contribution is -2.10. The fourth-order valence-corrected chi connectivity index (χ4v) is 3.77. The number of phenolic OH excluding ortho intramolecular Hbond substituents is 1. The monoisotopic (exact) mass is 388 g/mol. The van der Waals surface area contributed by atoms with Crippen molar-refractivity contribution < 1.29 is 9.90 Å². The average molecular weight is 388 g/mol. The van der Waals surface area contributed by atoms with E-state index in [2.05, 4.69) is 9.97 Å². The molecule has 0 radical (unpaired) electrons. The van der Waals surface area contributed by atoms with E-state index < -0.39 is 0 Å². The number of aromatic hydroxyl groups is 1. The zero-order valence-electron chi connectivity index (χ0n) is 14.7. The van der Waals surface area contributed by atoms with Gasteiger partial charge >= 0.3 is 0 Å². The van der Waals surface area contributed by atoms with Crippen LogP contribution in [-0.4, -0.2) is 20.9 Å². The van der Waals surface area contributed by atoms with Crippen LogP contribution in [0.2, 0.25) is 0 Å². The van der Waals surface area contributed by atoms with Crippen LogP contribution in [0.25, 0.3) is 0 Å². The third-order valence-electron chi connectivity index (χ3n) is 4.10. The zero-order chi connectivity index (χ0) is 19.5. The van der Waals surface area contributed by atoms with Crippen LogP contribution in [0.5, 0.6) is 5.75 Å². The molecule has 0 amide bonds. The summed E-state index contributed by atoms with van der Waals surface area (Å²) in [4.78, 5) is 23.5. The van der Waals surface area contributed by atoms with Crippen LogP contribution in [0.3, 0.4) is 0 Å². The quantitative estimate of drug-likeness (QED) is 0.488. The van der Waals surface area contributed by atoms with Gasteiger partial charge in [-0.25, -0.2) is 4.98 Å². The Balaban J connectivity index is 1.83. The SMILES string of the molecule is Nc1nc(N(c2cccnc2)c2ccccc2O)sc1C(=O)c1ccccc1. The van der Waals surface area contributed by atoms with E-state index >= 15 is 0 Å². The molecule has 2 aromatic heterocycles. The van der Waals surface area contributed by atoms with Crippen LogP contribution in [0.4, 0.5) is 22.3 Å². The van der Waals surface area contributed by atoms with Crippen LogP contribution >= 0.6 is 11.3 Å². The zero-order valence-corrected chi connectivity index (χ0v) is 15.5. The van der Waals surface area contributed by atoms with Gasteiger partial charge in [0.1, 0.15) is 16.4 Å². The highest BCUT2D eigenvalue weighted by molar-refractivity contribution is 7.18. The molecule has 0 aliphatic carbocycles. The Morgan fingerprint density at radius 3 is 2.46 bits per heavy atom. The maximum atomic E-state index is 12.9. The van der Waals surface area contributed by atoms with Gasteiger partial charge in [0.25, 0.3) is 0 Å². The topological polar surface area (TPSA) is 92.3 Å². The van der Waals surface area contributed by atoms with E-state index in [-0.39, 0.29) is 17.4 Å². The molecule has 0 unspecified atom stereocenters. The second kappa shape index (κ2) is 7.50. The van der Waals surface area contributed by atoms with Crippen molar-refractivity contribution in [2.45, 2.75) is 0 Å². The van der Waals surface area contributed by atoms with Gasteiger partial charge in [-0.15, -0.1) is 0 Å². The first-order valence-corrected chi connectivity index (χ1v) is 9.31. The number of hydrogen-bond donors (Lipinski definition) is 2. The van der Waals surface area contributed by atoms with Gasteiger partial charge in [0.05, 0.1) is 17.6 Å². The summed E-state index contributed by atoms with van der Waals surface area (Å²) in [6.45, 7) is 0. The second-order valence-electron chi connectivity index (χ2n) is 5.94. The molecule has 2 aromatic carbocycles. The Hall–Kier alpha value is -3.71. The van der Waals surface area contributed by atoms with Gasteiger partial charge < -0.3 is 10.8 Å². The minimum absolute atomic E-state index is 0.0797. The number of phenols is 1. The van der Waals surface area contributed by atoms with Gasteiger partial charge in [-0.3, -0.25) is 14.7 Å². The lowest BCUT2D eigenvalue weighted by atomic mass is 10.1. The highest BCUT2D eigenvalue weighted by Crippen LogP contribution is 2.42. The Morgan fingerprint density at radius 1 is 1.00 bits per heavy atom. The number of para-hydroxylation sites is 2. The number of rotatable bonds is 5. The number of thiazole rings is 1. The Bertz CT molecular complexity index is 1110. The fraction of sp³-hybridized carbons (Fsp3) is 0. The molecule has 6 nitrogen and oxygen atoms in total. The maximum absolute atomic E-state index is 12.9. The van der Waals surface area contributed by atoms with E-state index in [1.807, 2.05) is 18.2 Å². The molecule has 0 aliphatic heterocycles. The molecule has 0 bridgehead atoms. The molecule has 0 fully saturated rings. The maximum Gasteiger partial charge on any atom is 0.206 e. The molecular weight excluding hydrogens is 372 g/mol. The summed E-state index contributed by atoms with van der Waals surface area (Å²) >= 11 is 1.17. The molecule has 3 N–H and O–H groups in total. The first-order valence-electron chi connectivity index (χ1n) is 8.49. The van der Waals surface area contributed by atoms with Crippen LogP contribution in [0.1, 0.15) is 15.2 Å². The summed E-state index contributed by atoms with van der Waals surface area (Å²) in [6.07, 6.45) is 3.32. The number of carbonyl (C=O) groups is 1. The second-order valence-corrected chi connectivity index (χ2v) is 6.92. The number of hydrogen-bond acceptors (Lipinski definition) is 7. The van der Waals surface area contributed by atoms with Crippen LogP contribution < -0.4 is 10.6 Å². The predicted molar refractivity (Wildman–Crippen MR) is 111 cm³/mol. The van der Waals surface area contributed by atoms with E-state index in [9.17, 15) is 9.90 Å². The van der Waals surface area contributed by atoms with Gasteiger partial charge in [0.15, 0.2) is 5.13 Å². The third kappa shape index (κ3) is 3.30. The number of nitrogens with two attached hydrogens (primary N) is 1. The summed E-state index contributed by atoms with van der Waals surface area (Å²) in [6, 6.07) is 19.5. The number of benzene rings is 2. The summed E-state index contributed by atoms with van der Waals surface area (Å²) < 4.78 is 0. The molecule has 7 heteroatoms. The number of nitrogen functional groups attached to an aromatic ring is 1. The number of carbonyl (C=O) groups excluding carboxylic acids is 1.